The van der Waals surface area contributed by atoms with Crippen LogP contribution in [0.1, 0.15) is 39.5 Å². The first-order chi connectivity index (χ1) is 11.4. The van der Waals surface area contributed by atoms with E-state index >= 15 is 0 Å². The van der Waals surface area contributed by atoms with Crippen molar-refractivity contribution >= 4 is 17.8 Å². The van der Waals surface area contributed by atoms with E-state index in [1.54, 1.807) is 6.92 Å². The van der Waals surface area contributed by atoms with Crippen LogP contribution in [-0.2, 0) is 14.4 Å². The zero-order chi connectivity index (χ0) is 17.7. The third-order valence-corrected chi connectivity index (χ3v) is 5.20. The highest BCUT2D eigenvalue weighted by molar-refractivity contribution is 5.84. The van der Waals surface area contributed by atoms with Crippen molar-refractivity contribution in [2.45, 2.75) is 45.6 Å². The maximum absolute atomic E-state index is 12.6. The molecule has 0 aliphatic carbocycles. The number of likely N-dealkylation sites (tertiary alicyclic amines) is 1. The van der Waals surface area contributed by atoms with Gasteiger partial charge < -0.3 is 14.9 Å². The number of piperidine rings is 1. The molecule has 0 radical (unpaired) electrons. The molecule has 0 spiro atoms. The van der Waals surface area contributed by atoms with Crippen molar-refractivity contribution in [3.05, 3.63) is 0 Å². The second kappa shape index (κ2) is 8.46. The molecule has 2 saturated heterocycles. The lowest BCUT2D eigenvalue weighted by Crippen LogP contribution is -2.55. The van der Waals surface area contributed by atoms with Gasteiger partial charge in [-0.1, -0.05) is 6.92 Å². The first kappa shape index (κ1) is 18.7. The van der Waals surface area contributed by atoms with E-state index in [0.29, 0.717) is 6.42 Å². The second-order valence-corrected chi connectivity index (χ2v) is 6.84. The van der Waals surface area contributed by atoms with Crippen LogP contribution in [0.25, 0.3) is 0 Å². The maximum Gasteiger partial charge on any atom is 0.304 e. The summed E-state index contributed by atoms with van der Waals surface area (Å²) in [6.45, 7) is 8.33. The Bertz CT molecular complexity index is 474. The quantitative estimate of drug-likeness (QED) is 0.768. The van der Waals surface area contributed by atoms with Gasteiger partial charge in [-0.25, -0.2) is 0 Å². The number of nitrogens with zero attached hydrogens (tertiary/aromatic N) is 3. The number of carbonyl (C=O) groups is 3. The molecule has 0 aromatic heterocycles. The fourth-order valence-corrected chi connectivity index (χ4v) is 3.73. The molecule has 2 rings (SSSR count). The number of amides is 2. The summed E-state index contributed by atoms with van der Waals surface area (Å²) in [5, 5.41) is 8.99. The van der Waals surface area contributed by atoms with E-state index < -0.39 is 5.97 Å². The van der Waals surface area contributed by atoms with E-state index in [0.717, 1.165) is 52.1 Å². The zero-order valence-electron chi connectivity index (χ0n) is 14.7. The van der Waals surface area contributed by atoms with Crippen LogP contribution >= 0.6 is 0 Å². The molecule has 2 unspecified atom stereocenters. The highest BCUT2D eigenvalue weighted by atomic mass is 16.4. The largest absolute Gasteiger partial charge is 0.481 e. The van der Waals surface area contributed by atoms with Crippen LogP contribution in [0.2, 0.25) is 0 Å². The molecule has 136 valence electrons. The van der Waals surface area contributed by atoms with Gasteiger partial charge in [0.2, 0.25) is 11.8 Å². The van der Waals surface area contributed by atoms with Crippen LogP contribution in [0.4, 0.5) is 0 Å². The standard InChI is InChI=1S/C17H29N3O4/c1-3-15(12-18-7-9-19(10-8-18)13(2)21)20-6-4-5-14(17(20)24)11-16(22)23/h14-15H,3-12H2,1-2H3,(H,22,23). The molecular weight excluding hydrogens is 310 g/mol. The average molecular weight is 339 g/mol. The summed E-state index contributed by atoms with van der Waals surface area (Å²) >= 11 is 0. The van der Waals surface area contributed by atoms with E-state index in [1.807, 2.05) is 9.80 Å². The first-order valence-corrected chi connectivity index (χ1v) is 8.92. The summed E-state index contributed by atoms with van der Waals surface area (Å²) in [6, 6.07) is 0.123. The van der Waals surface area contributed by atoms with E-state index in [4.69, 9.17) is 5.11 Å². The predicted octanol–water partition coefficient (Wildman–Crippen LogP) is 0.642. The summed E-state index contributed by atoms with van der Waals surface area (Å²) < 4.78 is 0. The number of hydrogen-bond donors (Lipinski definition) is 1. The summed E-state index contributed by atoms with van der Waals surface area (Å²) in [7, 11) is 0. The lowest BCUT2D eigenvalue weighted by atomic mass is 9.92. The van der Waals surface area contributed by atoms with Crippen LogP contribution in [-0.4, -0.2) is 82.9 Å². The molecule has 0 aromatic rings. The molecule has 2 aliphatic heterocycles. The Labute approximate surface area is 143 Å². The van der Waals surface area contributed by atoms with E-state index in [-0.39, 0.29) is 30.2 Å². The van der Waals surface area contributed by atoms with E-state index in [2.05, 4.69) is 11.8 Å². The SMILES string of the molecule is CCC(CN1CCN(C(C)=O)CC1)N1CCCC(CC(=O)O)C1=O. The van der Waals surface area contributed by atoms with Crippen molar-refractivity contribution in [3.8, 4) is 0 Å². The Balaban J connectivity index is 1.92. The number of hydrogen-bond acceptors (Lipinski definition) is 4. The van der Waals surface area contributed by atoms with Gasteiger partial charge in [-0.05, 0) is 19.3 Å². The second-order valence-electron chi connectivity index (χ2n) is 6.84. The highest BCUT2D eigenvalue weighted by Gasteiger charge is 2.34. The average Bonchev–Trinajstić information content (AvgIpc) is 2.55. The van der Waals surface area contributed by atoms with Gasteiger partial charge in [0.25, 0.3) is 0 Å². The van der Waals surface area contributed by atoms with Crippen LogP contribution in [0.3, 0.4) is 0 Å². The number of carbonyl (C=O) groups excluding carboxylic acids is 2. The highest BCUT2D eigenvalue weighted by Crippen LogP contribution is 2.24. The summed E-state index contributed by atoms with van der Waals surface area (Å²) in [5.74, 6) is -1.16. The number of carboxylic acids is 1. The molecule has 24 heavy (non-hydrogen) atoms. The smallest absolute Gasteiger partial charge is 0.304 e. The monoisotopic (exact) mass is 339 g/mol. The molecule has 7 nitrogen and oxygen atoms in total. The Morgan fingerprint density at radius 3 is 2.42 bits per heavy atom. The molecule has 2 aliphatic rings. The number of rotatable bonds is 6. The molecule has 2 amide bonds. The van der Waals surface area contributed by atoms with Gasteiger partial charge in [0.15, 0.2) is 0 Å². The fourth-order valence-electron chi connectivity index (χ4n) is 3.73. The third kappa shape index (κ3) is 4.69. The molecule has 2 heterocycles. The number of piperazine rings is 1. The van der Waals surface area contributed by atoms with Crippen LogP contribution in [0.15, 0.2) is 0 Å². The van der Waals surface area contributed by atoms with Crippen LogP contribution in [0, 0.1) is 5.92 Å². The third-order valence-electron chi connectivity index (χ3n) is 5.20. The van der Waals surface area contributed by atoms with Gasteiger partial charge in [0.1, 0.15) is 0 Å². The molecule has 7 heteroatoms. The Morgan fingerprint density at radius 1 is 1.21 bits per heavy atom. The Hall–Kier alpha value is -1.63. The molecule has 0 bridgehead atoms. The number of carboxylic acid groups (broad SMARTS) is 1. The van der Waals surface area contributed by atoms with Gasteiger partial charge in [0, 0.05) is 58.2 Å². The van der Waals surface area contributed by atoms with Gasteiger partial charge in [-0.15, -0.1) is 0 Å². The minimum absolute atomic E-state index is 0.00197. The van der Waals surface area contributed by atoms with Crippen molar-refractivity contribution in [1.82, 2.24) is 14.7 Å². The van der Waals surface area contributed by atoms with E-state index in [9.17, 15) is 14.4 Å². The lowest BCUT2D eigenvalue weighted by molar-refractivity contribution is -0.148. The molecule has 1 N–H and O–H groups in total. The molecule has 2 atom stereocenters. The van der Waals surface area contributed by atoms with Gasteiger partial charge in [-0.3, -0.25) is 19.3 Å². The maximum atomic E-state index is 12.6. The predicted molar refractivity (Wildman–Crippen MR) is 89.5 cm³/mol. The van der Waals surface area contributed by atoms with Crippen molar-refractivity contribution < 1.29 is 19.5 Å². The summed E-state index contributed by atoms with van der Waals surface area (Å²) in [5.41, 5.74) is 0. The van der Waals surface area contributed by atoms with Gasteiger partial charge >= 0.3 is 5.97 Å². The first-order valence-electron chi connectivity index (χ1n) is 8.92. The normalized spacial score (nSPS) is 24.1. The minimum atomic E-state index is -0.899. The lowest BCUT2D eigenvalue weighted by Gasteiger charge is -2.41. The summed E-state index contributed by atoms with van der Waals surface area (Å²) in [6.07, 6.45) is 2.34. The molecule has 0 saturated carbocycles. The molecule has 0 aromatic carbocycles. The van der Waals surface area contributed by atoms with Crippen molar-refractivity contribution in [3.63, 3.8) is 0 Å². The van der Waals surface area contributed by atoms with Gasteiger partial charge in [0.05, 0.1) is 6.42 Å². The van der Waals surface area contributed by atoms with Crippen molar-refractivity contribution in [1.29, 1.82) is 0 Å². The van der Waals surface area contributed by atoms with E-state index in [1.165, 1.54) is 0 Å². The van der Waals surface area contributed by atoms with Crippen LogP contribution < -0.4 is 0 Å². The Morgan fingerprint density at radius 2 is 1.88 bits per heavy atom. The Kier molecular flexibility index (Phi) is 6.60. The zero-order valence-corrected chi connectivity index (χ0v) is 14.7. The molecule has 2 fully saturated rings. The molecular formula is C17H29N3O4. The summed E-state index contributed by atoms with van der Waals surface area (Å²) in [4.78, 5) is 41.0. The van der Waals surface area contributed by atoms with Crippen molar-refractivity contribution in [2.75, 3.05) is 39.3 Å². The fraction of sp³-hybridized carbons (Fsp3) is 0.824. The number of aliphatic carboxylic acids is 1. The van der Waals surface area contributed by atoms with Crippen molar-refractivity contribution in [2.24, 2.45) is 5.92 Å². The van der Waals surface area contributed by atoms with Crippen LogP contribution in [0.5, 0.6) is 0 Å². The minimum Gasteiger partial charge on any atom is -0.481 e. The van der Waals surface area contributed by atoms with Gasteiger partial charge in [-0.2, -0.15) is 0 Å². The topological polar surface area (TPSA) is 81.2 Å².